The number of thiazole rings is 1. The number of hydrogen-bond acceptors (Lipinski definition) is 5. The van der Waals surface area contributed by atoms with Crippen LogP contribution in [0.5, 0.6) is 0 Å². The van der Waals surface area contributed by atoms with Crippen LogP contribution >= 0.6 is 22.9 Å². The molecule has 4 nitrogen and oxygen atoms in total. The molecule has 108 valence electrons. The first-order valence-corrected chi connectivity index (χ1v) is 7.94. The maximum atomic E-state index is 9.21. The van der Waals surface area contributed by atoms with Crippen molar-refractivity contribution in [3.8, 4) is 6.07 Å². The summed E-state index contributed by atoms with van der Waals surface area (Å²) >= 11 is 7.55. The first kappa shape index (κ1) is 14.5. The summed E-state index contributed by atoms with van der Waals surface area (Å²) in [4.78, 5) is 6.62. The van der Waals surface area contributed by atoms with E-state index in [2.05, 4.69) is 16.0 Å². The summed E-state index contributed by atoms with van der Waals surface area (Å²) in [5, 5.41) is 12.8. The van der Waals surface area contributed by atoms with Gasteiger partial charge in [0.25, 0.3) is 0 Å². The van der Waals surface area contributed by atoms with Crippen LogP contribution < -0.4 is 0 Å². The van der Waals surface area contributed by atoms with Gasteiger partial charge in [-0.1, -0.05) is 17.7 Å². The first-order valence-electron chi connectivity index (χ1n) is 6.68. The minimum Gasteiger partial charge on any atom is -0.368 e. The number of aromatic nitrogens is 1. The van der Waals surface area contributed by atoms with Crippen molar-refractivity contribution < 1.29 is 4.74 Å². The van der Waals surface area contributed by atoms with Gasteiger partial charge in [-0.15, -0.1) is 11.3 Å². The van der Waals surface area contributed by atoms with Gasteiger partial charge >= 0.3 is 0 Å². The van der Waals surface area contributed by atoms with Crippen LogP contribution in [0, 0.1) is 11.3 Å². The van der Waals surface area contributed by atoms with Crippen LogP contribution in [-0.4, -0.2) is 29.6 Å². The fraction of sp³-hybridized carbons (Fsp3) is 0.333. The quantitative estimate of drug-likeness (QED) is 0.871. The molecular formula is C15H14ClN3OS. The number of nitrogens with zero attached hydrogens (tertiary/aromatic N) is 3. The van der Waals surface area contributed by atoms with E-state index < -0.39 is 0 Å². The number of hydrogen-bond donors (Lipinski definition) is 0. The van der Waals surface area contributed by atoms with Crippen molar-refractivity contribution in [1.82, 2.24) is 9.88 Å². The van der Waals surface area contributed by atoms with Crippen LogP contribution in [0.4, 0.5) is 0 Å². The molecule has 0 saturated carbocycles. The lowest BCUT2D eigenvalue weighted by molar-refractivity contribution is -0.0330. The predicted octanol–water partition coefficient (Wildman–Crippen LogP) is 3.24. The molecule has 21 heavy (non-hydrogen) atoms. The number of morpholine rings is 1. The molecule has 2 heterocycles. The van der Waals surface area contributed by atoms with E-state index in [-0.39, 0.29) is 6.10 Å². The highest BCUT2D eigenvalue weighted by atomic mass is 35.5. The summed E-state index contributed by atoms with van der Waals surface area (Å²) < 4.78 is 5.79. The lowest BCUT2D eigenvalue weighted by atomic mass is 10.1. The van der Waals surface area contributed by atoms with Crippen LogP contribution in [0.15, 0.2) is 29.8 Å². The number of ether oxygens (including phenoxy) is 1. The molecule has 1 saturated heterocycles. The zero-order chi connectivity index (χ0) is 14.7. The molecule has 0 bridgehead atoms. The van der Waals surface area contributed by atoms with Gasteiger partial charge in [-0.05, 0) is 17.7 Å². The summed E-state index contributed by atoms with van der Waals surface area (Å²) in [5.74, 6) is 0. The molecule has 6 heteroatoms. The highest BCUT2D eigenvalue weighted by Gasteiger charge is 2.24. The molecular weight excluding hydrogens is 306 g/mol. The minimum absolute atomic E-state index is 0.0246. The Bertz CT molecular complexity index is 653. The van der Waals surface area contributed by atoms with E-state index in [1.165, 1.54) is 0 Å². The second kappa shape index (κ2) is 6.54. The molecule has 1 aromatic carbocycles. The zero-order valence-corrected chi connectivity index (χ0v) is 12.9. The fourth-order valence-corrected chi connectivity index (χ4v) is 3.27. The molecule has 0 spiro atoms. The second-order valence-electron chi connectivity index (χ2n) is 4.88. The topological polar surface area (TPSA) is 49.2 Å². The van der Waals surface area contributed by atoms with Crippen molar-refractivity contribution in [3.63, 3.8) is 0 Å². The molecule has 0 N–H and O–H groups in total. The molecule has 1 fully saturated rings. The maximum Gasteiger partial charge on any atom is 0.123 e. The summed E-state index contributed by atoms with van der Waals surface area (Å²) in [6, 6.07) is 7.69. The van der Waals surface area contributed by atoms with Gasteiger partial charge in [-0.25, -0.2) is 4.98 Å². The Morgan fingerprint density at radius 1 is 1.52 bits per heavy atom. The lowest BCUT2D eigenvalue weighted by Gasteiger charge is -2.32. The molecule has 1 atom stereocenters. The third-order valence-corrected chi connectivity index (χ3v) is 4.57. The summed E-state index contributed by atoms with van der Waals surface area (Å²) in [5.41, 5.74) is 1.64. The third kappa shape index (κ3) is 3.42. The van der Waals surface area contributed by atoms with Gasteiger partial charge in [0.1, 0.15) is 11.1 Å². The van der Waals surface area contributed by atoms with Crippen molar-refractivity contribution in [1.29, 1.82) is 5.26 Å². The summed E-state index contributed by atoms with van der Waals surface area (Å²) in [6.45, 7) is 3.06. The van der Waals surface area contributed by atoms with E-state index in [0.717, 1.165) is 30.2 Å². The largest absolute Gasteiger partial charge is 0.368 e. The Morgan fingerprint density at radius 3 is 3.19 bits per heavy atom. The molecule has 1 aliphatic rings. The molecule has 0 radical (unpaired) electrons. The smallest absolute Gasteiger partial charge is 0.123 e. The Hall–Kier alpha value is -1.45. The predicted molar refractivity (Wildman–Crippen MR) is 82.3 cm³/mol. The van der Waals surface area contributed by atoms with Gasteiger partial charge < -0.3 is 4.74 Å². The highest BCUT2D eigenvalue weighted by molar-refractivity contribution is 7.09. The van der Waals surface area contributed by atoms with E-state index in [9.17, 15) is 5.26 Å². The molecule has 1 aromatic heterocycles. The van der Waals surface area contributed by atoms with Gasteiger partial charge in [0.05, 0.1) is 18.2 Å². The monoisotopic (exact) mass is 319 g/mol. The van der Waals surface area contributed by atoms with Crippen LogP contribution in [0.25, 0.3) is 0 Å². The number of nitriles is 1. The molecule has 0 unspecified atom stereocenters. The summed E-state index contributed by atoms with van der Waals surface area (Å²) in [7, 11) is 0. The van der Waals surface area contributed by atoms with E-state index in [0.29, 0.717) is 17.2 Å². The Labute approximate surface area is 132 Å². The van der Waals surface area contributed by atoms with Crippen molar-refractivity contribution in [2.75, 3.05) is 19.7 Å². The average Bonchev–Trinajstić information content (AvgIpc) is 3.04. The zero-order valence-electron chi connectivity index (χ0n) is 11.3. The van der Waals surface area contributed by atoms with Crippen molar-refractivity contribution >= 4 is 22.9 Å². The van der Waals surface area contributed by atoms with Gasteiger partial charge in [-0.3, -0.25) is 4.90 Å². The first-order chi connectivity index (χ1) is 10.3. The van der Waals surface area contributed by atoms with E-state index in [1.54, 1.807) is 23.6 Å². The number of rotatable bonds is 3. The number of halogens is 1. The van der Waals surface area contributed by atoms with Crippen LogP contribution in [0.1, 0.15) is 22.2 Å². The SMILES string of the molecule is N#Cc1cc(Cl)ccc1CN1CCO[C@H](c2nccs2)C1. The third-order valence-electron chi connectivity index (χ3n) is 3.46. The molecule has 1 aliphatic heterocycles. The van der Waals surface area contributed by atoms with Crippen molar-refractivity contribution in [3.05, 3.63) is 50.9 Å². The normalized spacial score (nSPS) is 19.3. The van der Waals surface area contributed by atoms with Gasteiger partial charge in [0, 0.05) is 36.2 Å². The average molecular weight is 320 g/mol. The van der Waals surface area contributed by atoms with Gasteiger partial charge in [0.2, 0.25) is 0 Å². The van der Waals surface area contributed by atoms with Crippen molar-refractivity contribution in [2.24, 2.45) is 0 Å². The number of benzene rings is 1. The Morgan fingerprint density at radius 2 is 2.43 bits per heavy atom. The second-order valence-corrected chi connectivity index (χ2v) is 6.24. The fourth-order valence-electron chi connectivity index (χ4n) is 2.42. The van der Waals surface area contributed by atoms with E-state index >= 15 is 0 Å². The molecule has 2 aromatic rings. The van der Waals surface area contributed by atoms with Gasteiger partial charge in [-0.2, -0.15) is 5.26 Å². The molecule has 3 rings (SSSR count). The van der Waals surface area contributed by atoms with Crippen molar-refractivity contribution in [2.45, 2.75) is 12.6 Å². The van der Waals surface area contributed by atoms with Gasteiger partial charge in [0.15, 0.2) is 0 Å². The minimum atomic E-state index is 0.0246. The van der Waals surface area contributed by atoms with Crippen LogP contribution in [-0.2, 0) is 11.3 Å². The highest BCUT2D eigenvalue weighted by Crippen LogP contribution is 2.25. The Kier molecular flexibility index (Phi) is 4.51. The van der Waals surface area contributed by atoms with E-state index in [1.807, 2.05) is 17.5 Å². The standard InChI is InChI=1S/C15H14ClN3OS/c16-13-2-1-11(12(7-13)8-17)9-19-4-5-20-14(10-19)15-18-3-6-21-15/h1-3,6-7,14H,4-5,9-10H2/t14-/m0/s1. The van der Waals surface area contributed by atoms with E-state index in [4.69, 9.17) is 16.3 Å². The lowest BCUT2D eigenvalue weighted by Crippen LogP contribution is -2.37. The molecule has 0 aliphatic carbocycles. The van der Waals surface area contributed by atoms with Crippen LogP contribution in [0.3, 0.4) is 0 Å². The van der Waals surface area contributed by atoms with Crippen LogP contribution in [0.2, 0.25) is 5.02 Å². The summed E-state index contributed by atoms with van der Waals surface area (Å²) in [6.07, 6.45) is 1.83. The molecule has 0 amide bonds. The Balaban J connectivity index is 1.72. The maximum absolute atomic E-state index is 9.21.